The molecule has 0 radical (unpaired) electrons. The largest absolute Gasteiger partial charge is 0.339 e. The molecule has 6 heteroatoms. The van der Waals surface area contributed by atoms with Crippen LogP contribution in [-0.4, -0.2) is 47.9 Å². The molecule has 2 fully saturated rings. The molecule has 3 rings (SSSR count). The van der Waals surface area contributed by atoms with E-state index in [4.69, 9.17) is 0 Å². The Labute approximate surface area is 122 Å². The molecular weight excluding hydrogens is 273 g/mol. The van der Waals surface area contributed by atoms with Crippen LogP contribution in [0.2, 0.25) is 0 Å². The van der Waals surface area contributed by atoms with Crippen molar-refractivity contribution in [3.05, 3.63) is 30.1 Å². The number of piperazine rings is 1. The van der Waals surface area contributed by atoms with Crippen LogP contribution in [0, 0.1) is 11.7 Å². The normalized spacial score (nSPS) is 18.5. The Balaban J connectivity index is 1.53. The van der Waals surface area contributed by atoms with Gasteiger partial charge in [0.15, 0.2) is 0 Å². The molecule has 1 aromatic rings. The lowest BCUT2D eigenvalue weighted by atomic mass is 10.2. The van der Waals surface area contributed by atoms with Crippen LogP contribution in [0.15, 0.2) is 24.3 Å². The molecule has 1 aliphatic carbocycles. The van der Waals surface area contributed by atoms with Crippen molar-refractivity contribution in [1.82, 2.24) is 9.80 Å². The minimum atomic E-state index is -0.451. The van der Waals surface area contributed by atoms with E-state index in [1.807, 2.05) is 4.90 Å². The van der Waals surface area contributed by atoms with Crippen LogP contribution in [0.4, 0.5) is 14.9 Å². The standard InChI is InChI=1S/C15H18FN3O2/c16-12-3-1-2-4-13(12)17-15(21)19-9-7-18(8-10-19)14(20)11-5-6-11/h1-4,11H,5-10H2,(H,17,21). The Kier molecular flexibility index (Phi) is 3.77. The highest BCUT2D eigenvalue weighted by molar-refractivity contribution is 5.89. The maximum atomic E-state index is 13.5. The van der Waals surface area contributed by atoms with Crippen LogP contribution in [0.1, 0.15) is 12.8 Å². The van der Waals surface area contributed by atoms with Gasteiger partial charge >= 0.3 is 6.03 Å². The van der Waals surface area contributed by atoms with Crippen LogP contribution in [0.5, 0.6) is 0 Å². The first-order chi connectivity index (χ1) is 10.1. The van der Waals surface area contributed by atoms with Gasteiger partial charge in [-0.05, 0) is 25.0 Å². The number of nitrogens with zero attached hydrogens (tertiary/aromatic N) is 2. The maximum absolute atomic E-state index is 13.5. The number of urea groups is 1. The van der Waals surface area contributed by atoms with Crippen molar-refractivity contribution in [2.75, 3.05) is 31.5 Å². The molecule has 0 atom stereocenters. The summed E-state index contributed by atoms with van der Waals surface area (Å²) >= 11 is 0. The van der Waals surface area contributed by atoms with Crippen molar-refractivity contribution in [2.45, 2.75) is 12.8 Å². The van der Waals surface area contributed by atoms with Crippen molar-refractivity contribution < 1.29 is 14.0 Å². The van der Waals surface area contributed by atoms with Gasteiger partial charge in [0.2, 0.25) is 5.91 Å². The molecule has 1 aromatic carbocycles. The fourth-order valence-electron chi connectivity index (χ4n) is 2.48. The zero-order valence-electron chi connectivity index (χ0n) is 11.7. The van der Waals surface area contributed by atoms with Gasteiger partial charge in [0.1, 0.15) is 5.82 Å². The number of para-hydroxylation sites is 1. The van der Waals surface area contributed by atoms with Gasteiger partial charge in [0.25, 0.3) is 0 Å². The molecule has 1 aliphatic heterocycles. The third-order valence-electron chi connectivity index (χ3n) is 3.92. The second-order valence-electron chi connectivity index (χ2n) is 5.50. The number of carbonyl (C=O) groups excluding carboxylic acids is 2. The first-order valence-corrected chi connectivity index (χ1v) is 7.24. The predicted molar refractivity (Wildman–Crippen MR) is 76.3 cm³/mol. The molecule has 1 N–H and O–H groups in total. The number of carbonyl (C=O) groups is 2. The van der Waals surface area contributed by atoms with E-state index in [9.17, 15) is 14.0 Å². The van der Waals surface area contributed by atoms with Gasteiger partial charge in [-0.2, -0.15) is 0 Å². The summed E-state index contributed by atoms with van der Waals surface area (Å²) in [5.41, 5.74) is 0.180. The Morgan fingerprint density at radius 3 is 2.29 bits per heavy atom. The second kappa shape index (κ2) is 5.71. The molecule has 5 nitrogen and oxygen atoms in total. The number of rotatable bonds is 2. The SMILES string of the molecule is O=C(Nc1ccccc1F)N1CCN(C(=O)C2CC2)CC1. The Morgan fingerprint density at radius 1 is 1.05 bits per heavy atom. The quantitative estimate of drug-likeness (QED) is 0.905. The number of nitrogens with one attached hydrogen (secondary N) is 1. The number of amides is 3. The molecule has 1 saturated heterocycles. The van der Waals surface area contributed by atoms with E-state index < -0.39 is 5.82 Å². The van der Waals surface area contributed by atoms with Crippen molar-refractivity contribution in [3.63, 3.8) is 0 Å². The van der Waals surface area contributed by atoms with Crippen molar-refractivity contribution >= 4 is 17.6 Å². The average molecular weight is 291 g/mol. The van der Waals surface area contributed by atoms with Gasteiger partial charge in [-0.15, -0.1) is 0 Å². The van der Waals surface area contributed by atoms with Gasteiger partial charge in [-0.1, -0.05) is 12.1 Å². The Bertz CT molecular complexity index is 552. The fourth-order valence-corrected chi connectivity index (χ4v) is 2.48. The molecule has 1 saturated carbocycles. The van der Waals surface area contributed by atoms with Crippen LogP contribution in [0.25, 0.3) is 0 Å². The minimum absolute atomic E-state index is 0.180. The number of hydrogen-bond acceptors (Lipinski definition) is 2. The summed E-state index contributed by atoms with van der Waals surface area (Å²) in [7, 11) is 0. The van der Waals surface area contributed by atoms with Crippen LogP contribution >= 0.6 is 0 Å². The number of hydrogen-bond donors (Lipinski definition) is 1. The molecule has 0 spiro atoms. The summed E-state index contributed by atoms with van der Waals surface area (Å²) in [6.07, 6.45) is 1.99. The molecule has 0 bridgehead atoms. The van der Waals surface area contributed by atoms with Crippen molar-refractivity contribution in [2.24, 2.45) is 5.92 Å². The van der Waals surface area contributed by atoms with Gasteiger partial charge in [-0.3, -0.25) is 4.79 Å². The molecular formula is C15H18FN3O2. The van der Waals surface area contributed by atoms with E-state index >= 15 is 0 Å². The highest BCUT2D eigenvalue weighted by Crippen LogP contribution is 2.31. The zero-order valence-corrected chi connectivity index (χ0v) is 11.7. The lowest BCUT2D eigenvalue weighted by molar-refractivity contribution is -0.133. The third-order valence-corrected chi connectivity index (χ3v) is 3.92. The summed E-state index contributed by atoms with van der Waals surface area (Å²) in [6, 6.07) is 5.76. The first kappa shape index (κ1) is 13.9. The average Bonchev–Trinajstić information content (AvgIpc) is 3.34. The summed E-state index contributed by atoms with van der Waals surface area (Å²) in [6.45, 7) is 2.08. The highest BCUT2D eigenvalue weighted by atomic mass is 19.1. The predicted octanol–water partition coefficient (Wildman–Crippen LogP) is 1.91. The lowest BCUT2D eigenvalue weighted by Crippen LogP contribution is -2.52. The minimum Gasteiger partial charge on any atom is -0.339 e. The smallest absolute Gasteiger partial charge is 0.322 e. The fraction of sp³-hybridized carbons (Fsp3) is 0.467. The molecule has 2 aliphatic rings. The summed E-state index contributed by atoms with van der Waals surface area (Å²) < 4.78 is 13.5. The van der Waals surface area contributed by atoms with Gasteiger partial charge in [-0.25, -0.2) is 9.18 Å². The van der Waals surface area contributed by atoms with E-state index in [0.717, 1.165) is 12.8 Å². The van der Waals surface area contributed by atoms with Crippen molar-refractivity contribution in [1.29, 1.82) is 0 Å². The van der Waals surface area contributed by atoms with E-state index in [-0.39, 0.29) is 23.5 Å². The maximum Gasteiger partial charge on any atom is 0.322 e. The van der Waals surface area contributed by atoms with Crippen molar-refractivity contribution in [3.8, 4) is 0 Å². The van der Waals surface area contributed by atoms with E-state index in [0.29, 0.717) is 26.2 Å². The zero-order chi connectivity index (χ0) is 14.8. The molecule has 21 heavy (non-hydrogen) atoms. The molecule has 0 unspecified atom stereocenters. The van der Waals surface area contributed by atoms with Gasteiger partial charge < -0.3 is 15.1 Å². The topological polar surface area (TPSA) is 52.7 Å². The number of anilines is 1. The summed E-state index contributed by atoms with van der Waals surface area (Å²) in [5, 5.41) is 2.57. The first-order valence-electron chi connectivity index (χ1n) is 7.24. The van der Waals surface area contributed by atoms with Crippen LogP contribution < -0.4 is 5.32 Å². The lowest BCUT2D eigenvalue weighted by Gasteiger charge is -2.34. The Hall–Kier alpha value is -2.11. The molecule has 0 aromatic heterocycles. The monoisotopic (exact) mass is 291 g/mol. The highest BCUT2D eigenvalue weighted by Gasteiger charge is 2.35. The van der Waals surface area contributed by atoms with E-state index in [2.05, 4.69) is 5.32 Å². The van der Waals surface area contributed by atoms with Gasteiger partial charge in [0, 0.05) is 32.1 Å². The third kappa shape index (κ3) is 3.15. The van der Waals surface area contributed by atoms with Gasteiger partial charge in [0.05, 0.1) is 5.69 Å². The number of halogens is 1. The summed E-state index contributed by atoms with van der Waals surface area (Å²) in [4.78, 5) is 27.5. The molecule has 1 heterocycles. The van der Waals surface area contributed by atoms with E-state index in [1.165, 1.54) is 12.1 Å². The Morgan fingerprint density at radius 2 is 1.67 bits per heavy atom. The molecule has 112 valence electrons. The number of benzene rings is 1. The van der Waals surface area contributed by atoms with Crippen LogP contribution in [-0.2, 0) is 4.79 Å². The van der Waals surface area contributed by atoms with Crippen LogP contribution in [0.3, 0.4) is 0 Å². The summed E-state index contributed by atoms with van der Waals surface area (Å²) in [5.74, 6) is -0.0265. The van der Waals surface area contributed by atoms with E-state index in [1.54, 1.807) is 17.0 Å². The molecule has 3 amide bonds. The second-order valence-corrected chi connectivity index (χ2v) is 5.50.